The summed E-state index contributed by atoms with van der Waals surface area (Å²) in [6, 6.07) is 12.0. The molecule has 6 heteroatoms. The van der Waals surface area contributed by atoms with Crippen molar-refractivity contribution in [1.29, 1.82) is 0 Å². The van der Waals surface area contributed by atoms with E-state index < -0.39 is 5.97 Å². The second kappa shape index (κ2) is 8.03. The zero-order chi connectivity index (χ0) is 15.9. The molecule has 0 unspecified atom stereocenters. The lowest BCUT2D eigenvalue weighted by Crippen LogP contribution is -2.08. The zero-order valence-electron chi connectivity index (χ0n) is 11.8. The molecule has 0 aromatic heterocycles. The average molecular weight is 341 g/mol. The van der Waals surface area contributed by atoms with Gasteiger partial charge in [-0.25, -0.2) is 4.79 Å². The van der Waals surface area contributed by atoms with Gasteiger partial charge in [-0.15, -0.1) is 0 Å². The zero-order valence-corrected chi connectivity index (χ0v) is 13.4. The molecule has 0 aliphatic heterocycles. The van der Waals surface area contributed by atoms with E-state index in [-0.39, 0.29) is 13.4 Å². The normalized spacial score (nSPS) is 10.3. The summed E-state index contributed by atoms with van der Waals surface area (Å²) in [7, 11) is 1.34. The van der Waals surface area contributed by atoms with E-state index in [2.05, 4.69) is 0 Å². The molecular formula is C16H14Cl2O4. The molecule has 0 saturated heterocycles. The maximum absolute atomic E-state index is 11.6. The Morgan fingerprint density at radius 1 is 1.09 bits per heavy atom. The molecule has 0 aliphatic rings. The van der Waals surface area contributed by atoms with Gasteiger partial charge in [-0.2, -0.15) is 0 Å². The third-order valence-electron chi connectivity index (χ3n) is 2.83. The quantitative estimate of drug-likeness (QED) is 0.446. The van der Waals surface area contributed by atoms with Gasteiger partial charge in [0.25, 0.3) is 0 Å². The minimum absolute atomic E-state index is 0.00613. The Hall–Kier alpha value is -1.75. The van der Waals surface area contributed by atoms with Gasteiger partial charge in [-0.1, -0.05) is 41.4 Å². The van der Waals surface area contributed by atoms with Crippen molar-refractivity contribution in [2.45, 2.75) is 6.61 Å². The van der Waals surface area contributed by atoms with Crippen molar-refractivity contribution in [2.24, 2.45) is 0 Å². The van der Waals surface area contributed by atoms with E-state index in [1.54, 1.807) is 36.4 Å². The molecule has 0 aliphatic carbocycles. The predicted molar refractivity (Wildman–Crippen MR) is 84.5 cm³/mol. The van der Waals surface area contributed by atoms with Crippen LogP contribution >= 0.6 is 23.2 Å². The average Bonchev–Trinajstić information content (AvgIpc) is 2.50. The molecule has 0 spiro atoms. The van der Waals surface area contributed by atoms with Gasteiger partial charge in [0.1, 0.15) is 5.75 Å². The highest BCUT2D eigenvalue weighted by Crippen LogP contribution is 2.24. The first-order chi connectivity index (χ1) is 10.6. The first-order valence-electron chi connectivity index (χ1n) is 6.43. The Kier molecular flexibility index (Phi) is 6.07. The maximum atomic E-state index is 11.6. The van der Waals surface area contributed by atoms with Gasteiger partial charge in [0.05, 0.1) is 19.3 Å². The molecule has 2 aromatic carbocycles. The summed E-state index contributed by atoms with van der Waals surface area (Å²) in [4.78, 5) is 11.6. The van der Waals surface area contributed by atoms with E-state index in [9.17, 15) is 4.79 Å². The molecule has 0 fully saturated rings. The predicted octanol–water partition coefficient (Wildman–Crippen LogP) is 4.33. The van der Waals surface area contributed by atoms with Crippen molar-refractivity contribution >= 4 is 29.2 Å². The molecule has 0 saturated carbocycles. The van der Waals surface area contributed by atoms with Crippen LogP contribution < -0.4 is 4.74 Å². The number of carbonyl (C=O) groups excluding carboxylic acids is 1. The highest BCUT2D eigenvalue weighted by atomic mass is 35.5. The number of benzene rings is 2. The van der Waals surface area contributed by atoms with Crippen LogP contribution in [0.2, 0.25) is 10.0 Å². The first kappa shape index (κ1) is 16.6. The highest BCUT2D eigenvalue weighted by Gasteiger charge is 2.10. The number of hydrogen-bond donors (Lipinski definition) is 0. The van der Waals surface area contributed by atoms with Crippen LogP contribution in [-0.2, 0) is 16.1 Å². The lowest BCUT2D eigenvalue weighted by Gasteiger charge is -2.10. The fraction of sp³-hybridized carbons (Fsp3) is 0.188. The number of esters is 1. The summed E-state index contributed by atoms with van der Waals surface area (Å²) in [6.45, 7) is 0.228. The van der Waals surface area contributed by atoms with Crippen LogP contribution in [0.25, 0.3) is 0 Å². The minimum Gasteiger partial charge on any atom is -0.467 e. The smallest absolute Gasteiger partial charge is 0.338 e. The first-order valence-corrected chi connectivity index (χ1v) is 7.18. The molecule has 22 heavy (non-hydrogen) atoms. The van der Waals surface area contributed by atoms with E-state index in [0.717, 1.165) is 5.56 Å². The SMILES string of the molecule is COC(=O)c1ccccc1COCOc1cc(Cl)cc(Cl)c1. The van der Waals surface area contributed by atoms with Crippen LogP contribution in [0.15, 0.2) is 42.5 Å². The van der Waals surface area contributed by atoms with Gasteiger partial charge in [-0.3, -0.25) is 0 Å². The van der Waals surface area contributed by atoms with Crippen molar-refractivity contribution in [3.8, 4) is 5.75 Å². The number of rotatable bonds is 6. The molecule has 2 aromatic rings. The molecule has 116 valence electrons. The Morgan fingerprint density at radius 3 is 2.45 bits per heavy atom. The highest BCUT2D eigenvalue weighted by molar-refractivity contribution is 6.34. The van der Waals surface area contributed by atoms with E-state index in [0.29, 0.717) is 21.4 Å². The Morgan fingerprint density at radius 2 is 1.77 bits per heavy atom. The third kappa shape index (κ3) is 4.63. The fourth-order valence-electron chi connectivity index (χ4n) is 1.83. The summed E-state index contributed by atoms with van der Waals surface area (Å²) in [5.74, 6) is 0.112. The lowest BCUT2D eigenvalue weighted by molar-refractivity contribution is 0.00444. The summed E-state index contributed by atoms with van der Waals surface area (Å²) < 4.78 is 15.6. The van der Waals surface area contributed by atoms with Crippen molar-refractivity contribution < 1.29 is 19.0 Å². The minimum atomic E-state index is -0.401. The summed E-state index contributed by atoms with van der Waals surface area (Å²) in [6.07, 6.45) is 0. The van der Waals surface area contributed by atoms with Crippen molar-refractivity contribution in [3.05, 3.63) is 63.6 Å². The molecule has 2 rings (SSSR count). The van der Waals surface area contributed by atoms with Gasteiger partial charge in [-0.05, 0) is 29.8 Å². The molecular weight excluding hydrogens is 327 g/mol. The molecule has 0 N–H and O–H groups in total. The van der Waals surface area contributed by atoms with Crippen LogP contribution in [0.4, 0.5) is 0 Å². The van der Waals surface area contributed by atoms with Gasteiger partial charge in [0.2, 0.25) is 0 Å². The Labute approximate surface area is 138 Å². The molecule has 4 nitrogen and oxygen atoms in total. The second-order valence-corrected chi connectivity index (χ2v) is 5.24. The summed E-state index contributed by atoms with van der Waals surface area (Å²) in [5, 5.41) is 0.970. The number of hydrogen-bond acceptors (Lipinski definition) is 4. The van der Waals surface area contributed by atoms with Gasteiger partial charge < -0.3 is 14.2 Å². The van der Waals surface area contributed by atoms with Gasteiger partial charge in [0, 0.05) is 10.0 Å². The van der Waals surface area contributed by atoms with Crippen molar-refractivity contribution in [3.63, 3.8) is 0 Å². The Bertz CT molecular complexity index is 638. The number of methoxy groups -OCH3 is 1. The fourth-order valence-corrected chi connectivity index (χ4v) is 2.33. The third-order valence-corrected chi connectivity index (χ3v) is 3.26. The van der Waals surface area contributed by atoms with Crippen LogP contribution in [-0.4, -0.2) is 19.9 Å². The van der Waals surface area contributed by atoms with Crippen LogP contribution in [0.3, 0.4) is 0 Å². The molecule has 0 atom stereocenters. The monoisotopic (exact) mass is 340 g/mol. The van der Waals surface area contributed by atoms with Crippen molar-refractivity contribution in [1.82, 2.24) is 0 Å². The number of ether oxygens (including phenoxy) is 3. The van der Waals surface area contributed by atoms with Crippen LogP contribution in [0.1, 0.15) is 15.9 Å². The molecule has 0 heterocycles. The molecule has 0 bridgehead atoms. The second-order valence-electron chi connectivity index (χ2n) is 4.36. The van der Waals surface area contributed by atoms with E-state index in [1.165, 1.54) is 7.11 Å². The van der Waals surface area contributed by atoms with Gasteiger partial charge >= 0.3 is 5.97 Å². The standard InChI is InChI=1S/C16H14Cl2O4/c1-20-16(19)15-5-3-2-4-11(15)9-21-10-22-14-7-12(17)6-13(18)8-14/h2-8H,9-10H2,1H3. The maximum Gasteiger partial charge on any atom is 0.338 e. The Balaban J connectivity index is 1.90. The largest absolute Gasteiger partial charge is 0.467 e. The topological polar surface area (TPSA) is 44.8 Å². The summed E-state index contributed by atoms with van der Waals surface area (Å²) in [5.41, 5.74) is 1.19. The van der Waals surface area contributed by atoms with Crippen molar-refractivity contribution in [2.75, 3.05) is 13.9 Å². The van der Waals surface area contributed by atoms with Crippen LogP contribution in [0, 0.1) is 0 Å². The summed E-state index contributed by atoms with van der Waals surface area (Å²) >= 11 is 11.7. The van der Waals surface area contributed by atoms with Crippen LogP contribution in [0.5, 0.6) is 5.75 Å². The van der Waals surface area contributed by atoms with E-state index in [4.69, 9.17) is 37.4 Å². The molecule has 0 radical (unpaired) electrons. The molecule has 0 amide bonds. The van der Waals surface area contributed by atoms with Gasteiger partial charge in [0.15, 0.2) is 6.79 Å². The number of halogens is 2. The van der Waals surface area contributed by atoms with E-state index >= 15 is 0 Å². The van der Waals surface area contributed by atoms with E-state index in [1.807, 2.05) is 6.07 Å². The number of carbonyl (C=O) groups is 1. The lowest BCUT2D eigenvalue weighted by atomic mass is 10.1.